The fraction of sp³-hybridized carbons (Fsp3) is 0.231. The molecule has 16 heavy (non-hydrogen) atoms. The summed E-state index contributed by atoms with van der Waals surface area (Å²) in [5.74, 6) is 1.67. The van der Waals surface area contributed by atoms with E-state index in [-0.39, 0.29) is 0 Å². The average Bonchev–Trinajstić information content (AvgIpc) is 2.71. The van der Waals surface area contributed by atoms with Crippen LogP contribution in [0.3, 0.4) is 0 Å². The molecule has 0 spiro atoms. The number of rotatable bonds is 0. The number of benzene rings is 1. The van der Waals surface area contributed by atoms with Crippen LogP contribution in [-0.2, 0) is 0 Å². The third kappa shape index (κ3) is 1.30. The second-order valence-corrected chi connectivity index (χ2v) is 5.15. The monoisotopic (exact) mass is 226 g/mol. The van der Waals surface area contributed by atoms with Crippen LogP contribution in [0, 0.1) is 11.3 Å². The lowest BCUT2D eigenvalue weighted by Gasteiger charge is -2.07. The van der Waals surface area contributed by atoms with Gasteiger partial charge in [-0.25, -0.2) is 0 Å². The molecule has 0 aliphatic carbocycles. The van der Waals surface area contributed by atoms with Crippen LogP contribution in [0.5, 0.6) is 0 Å². The summed E-state index contributed by atoms with van der Waals surface area (Å²) in [6.45, 7) is 2.23. The Balaban J connectivity index is 2.38. The first kappa shape index (κ1) is 9.68. The van der Waals surface area contributed by atoms with Crippen molar-refractivity contribution in [2.75, 3.05) is 5.75 Å². The lowest BCUT2D eigenvalue weighted by atomic mass is 9.98. The van der Waals surface area contributed by atoms with E-state index in [1.807, 2.05) is 36.2 Å². The van der Waals surface area contributed by atoms with Crippen LogP contribution < -0.4 is 0 Å². The molecule has 1 aromatic carbocycles. The number of nitrogens with zero attached hydrogens (tertiary/aromatic N) is 2. The maximum Gasteiger partial charge on any atom is 0.0991 e. The Morgan fingerprint density at radius 1 is 1.50 bits per heavy atom. The number of aromatic nitrogens is 1. The summed E-state index contributed by atoms with van der Waals surface area (Å²) < 4.78 is 0. The lowest BCUT2D eigenvalue weighted by Crippen LogP contribution is -1.93. The summed E-state index contributed by atoms with van der Waals surface area (Å²) in [7, 11) is 0. The molecule has 1 atom stereocenters. The molecule has 0 amide bonds. The SMILES string of the molecule is CC1CSc2cnc3ccc(C#N)cc3c21. The first-order chi connectivity index (χ1) is 7.79. The van der Waals surface area contributed by atoms with Crippen LogP contribution in [-0.4, -0.2) is 10.7 Å². The third-order valence-corrected chi connectivity index (χ3v) is 4.29. The summed E-state index contributed by atoms with van der Waals surface area (Å²) in [5, 5.41) is 10.1. The maximum atomic E-state index is 8.94. The predicted molar refractivity (Wildman–Crippen MR) is 65.6 cm³/mol. The Labute approximate surface area is 98.3 Å². The zero-order valence-electron chi connectivity index (χ0n) is 8.90. The molecular formula is C13H10N2S. The predicted octanol–water partition coefficient (Wildman–Crippen LogP) is 3.32. The molecule has 2 heterocycles. The molecule has 2 nitrogen and oxygen atoms in total. The summed E-state index contributed by atoms with van der Waals surface area (Å²) in [6, 6.07) is 7.91. The van der Waals surface area contributed by atoms with E-state index in [1.165, 1.54) is 10.5 Å². The van der Waals surface area contributed by atoms with Crippen LogP contribution in [0.2, 0.25) is 0 Å². The average molecular weight is 226 g/mol. The smallest absolute Gasteiger partial charge is 0.0991 e. The van der Waals surface area contributed by atoms with Crippen molar-refractivity contribution in [2.24, 2.45) is 0 Å². The molecule has 0 bridgehead atoms. The Morgan fingerprint density at radius 3 is 3.19 bits per heavy atom. The van der Waals surface area contributed by atoms with Gasteiger partial charge in [0.2, 0.25) is 0 Å². The first-order valence-electron chi connectivity index (χ1n) is 5.25. The van der Waals surface area contributed by atoms with E-state index in [1.54, 1.807) is 0 Å². The van der Waals surface area contributed by atoms with Gasteiger partial charge in [-0.05, 0) is 29.7 Å². The van der Waals surface area contributed by atoms with Gasteiger partial charge in [-0.2, -0.15) is 5.26 Å². The van der Waals surface area contributed by atoms with Crippen LogP contribution in [0.4, 0.5) is 0 Å². The van der Waals surface area contributed by atoms with Gasteiger partial charge in [0.1, 0.15) is 0 Å². The number of thioether (sulfide) groups is 1. The van der Waals surface area contributed by atoms with Crippen molar-refractivity contribution in [3.8, 4) is 6.07 Å². The molecule has 3 rings (SSSR count). The van der Waals surface area contributed by atoms with Gasteiger partial charge in [0.15, 0.2) is 0 Å². The van der Waals surface area contributed by atoms with E-state index in [9.17, 15) is 0 Å². The van der Waals surface area contributed by atoms with Crippen molar-refractivity contribution in [3.63, 3.8) is 0 Å². The quantitative estimate of drug-likeness (QED) is 0.691. The second kappa shape index (κ2) is 3.50. The Bertz CT molecular complexity index is 613. The number of nitriles is 1. The number of pyridine rings is 1. The normalized spacial score (nSPS) is 18.4. The highest BCUT2D eigenvalue weighted by Gasteiger charge is 2.22. The highest BCUT2D eigenvalue weighted by Crippen LogP contribution is 2.42. The number of hydrogen-bond donors (Lipinski definition) is 0. The van der Waals surface area contributed by atoms with Gasteiger partial charge >= 0.3 is 0 Å². The number of hydrogen-bond acceptors (Lipinski definition) is 3. The van der Waals surface area contributed by atoms with Crippen molar-refractivity contribution < 1.29 is 0 Å². The largest absolute Gasteiger partial charge is 0.255 e. The summed E-state index contributed by atoms with van der Waals surface area (Å²) in [4.78, 5) is 5.71. The zero-order valence-corrected chi connectivity index (χ0v) is 9.71. The number of fused-ring (bicyclic) bond motifs is 3. The molecule has 0 saturated carbocycles. The molecule has 0 N–H and O–H groups in total. The molecular weight excluding hydrogens is 216 g/mol. The van der Waals surface area contributed by atoms with E-state index in [0.29, 0.717) is 11.5 Å². The van der Waals surface area contributed by atoms with Crippen LogP contribution in [0.25, 0.3) is 10.9 Å². The summed E-state index contributed by atoms with van der Waals surface area (Å²) in [5.41, 5.74) is 3.08. The first-order valence-corrected chi connectivity index (χ1v) is 6.23. The Hall–Kier alpha value is -1.53. The standard InChI is InChI=1S/C13H10N2S/c1-8-7-16-12-6-15-11-3-2-9(5-14)4-10(11)13(8)12/h2-4,6,8H,7H2,1H3. The molecule has 0 saturated heterocycles. The molecule has 0 fully saturated rings. The lowest BCUT2D eigenvalue weighted by molar-refractivity contribution is 0.890. The minimum absolute atomic E-state index is 0.555. The van der Waals surface area contributed by atoms with Gasteiger partial charge in [0.05, 0.1) is 17.1 Å². The van der Waals surface area contributed by atoms with Crippen LogP contribution in [0.15, 0.2) is 29.3 Å². The van der Waals surface area contributed by atoms with Gasteiger partial charge in [-0.1, -0.05) is 6.92 Å². The molecule has 0 radical (unpaired) electrons. The highest BCUT2D eigenvalue weighted by molar-refractivity contribution is 7.99. The minimum atomic E-state index is 0.555. The second-order valence-electron chi connectivity index (χ2n) is 4.09. The topological polar surface area (TPSA) is 36.7 Å². The molecule has 3 heteroatoms. The fourth-order valence-electron chi connectivity index (χ4n) is 2.19. The maximum absolute atomic E-state index is 8.94. The highest BCUT2D eigenvalue weighted by atomic mass is 32.2. The van der Waals surface area contributed by atoms with Crippen molar-refractivity contribution in [1.29, 1.82) is 5.26 Å². The fourth-order valence-corrected chi connectivity index (χ4v) is 3.38. The van der Waals surface area contributed by atoms with Gasteiger partial charge in [-0.15, -0.1) is 11.8 Å². The van der Waals surface area contributed by atoms with E-state index in [4.69, 9.17) is 5.26 Å². The van der Waals surface area contributed by atoms with Crippen molar-refractivity contribution in [3.05, 3.63) is 35.5 Å². The van der Waals surface area contributed by atoms with Gasteiger partial charge in [0, 0.05) is 22.2 Å². The van der Waals surface area contributed by atoms with Gasteiger partial charge in [-0.3, -0.25) is 4.98 Å². The van der Waals surface area contributed by atoms with Gasteiger partial charge in [0.25, 0.3) is 0 Å². The van der Waals surface area contributed by atoms with E-state index in [0.717, 1.165) is 16.7 Å². The van der Waals surface area contributed by atoms with Crippen LogP contribution >= 0.6 is 11.8 Å². The molecule has 2 aromatic rings. The minimum Gasteiger partial charge on any atom is -0.255 e. The van der Waals surface area contributed by atoms with E-state index < -0.39 is 0 Å². The molecule has 78 valence electrons. The van der Waals surface area contributed by atoms with E-state index in [2.05, 4.69) is 18.0 Å². The van der Waals surface area contributed by atoms with Crippen LogP contribution in [0.1, 0.15) is 24.0 Å². The molecule has 1 unspecified atom stereocenters. The van der Waals surface area contributed by atoms with Crippen molar-refractivity contribution in [1.82, 2.24) is 4.98 Å². The zero-order chi connectivity index (χ0) is 11.1. The third-order valence-electron chi connectivity index (χ3n) is 2.98. The van der Waals surface area contributed by atoms with Crippen molar-refractivity contribution in [2.45, 2.75) is 17.7 Å². The van der Waals surface area contributed by atoms with Crippen molar-refractivity contribution >= 4 is 22.7 Å². The van der Waals surface area contributed by atoms with Gasteiger partial charge < -0.3 is 0 Å². The molecule has 1 aliphatic rings. The Kier molecular flexibility index (Phi) is 2.12. The summed E-state index contributed by atoms with van der Waals surface area (Å²) >= 11 is 1.86. The Morgan fingerprint density at radius 2 is 2.38 bits per heavy atom. The molecule has 1 aliphatic heterocycles. The van der Waals surface area contributed by atoms with E-state index >= 15 is 0 Å². The molecule has 1 aromatic heterocycles. The summed E-state index contributed by atoms with van der Waals surface area (Å²) in [6.07, 6.45) is 1.96.